The fraction of sp³-hybridized carbons (Fsp3) is 0.600. The standard InChI is InChI=1S/C15H24N2O3S/c1-13(16-2)15-8-9-17(11-15,12-21(18,19)20)10-14-6-4-3-5-7-14/h3-7,13,15-16H,8-12H2,1-2H3. The lowest BCUT2D eigenvalue weighted by atomic mass is 10.0. The predicted molar refractivity (Wildman–Crippen MR) is 81.3 cm³/mol. The van der Waals surface area contributed by atoms with Gasteiger partial charge in [0.15, 0.2) is 5.88 Å². The quantitative estimate of drug-likeness (QED) is 0.631. The highest BCUT2D eigenvalue weighted by Crippen LogP contribution is 2.30. The first kappa shape index (κ1) is 16.4. The molecule has 1 N–H and O–H groups in total. The van der Waals surface area contributed by atoms with E-state index in [1.54, 1.807) is 0 Å². The van der Waals surface area contributed by atoms with E-state index in [0.29, 0.717) is 23.0 Å². The molecule has 1 aliphatic rings. The summed E-state index contributed by atoms with van der Waals surface area (Å²) in [4.78, 5) is 0. The van der Waals surface area contributed by atoms with E-state index >= 15 is 0 Å². The lowest BCUT2D eigenvalue weighted by Crippen LogP contribution is -2.49. The van der Waals surface area contributed by atoms with E-state index in [9.17, 15) is 13.0 Å². The molecule has 1 aromatic carbocycles. The molecule has 0 aromatic heterocycles. The van der Waals surface area contributed by atoms with Gasteiger partial charge in [-0.3, -0.25) is 0 Å². The van der Waals surface area contributed by atoms with Gasteiger partial charge in [0.1, 0.15) is 16.7 Å². The zero-order valence-corrected chi connectivity index (χ0v) is 13.5. The van der Waals surface area contributed by atoms with E-state index in [1.807, 2.05) is 37.4 Å². The van der Waals surface area contributed by atoms with Crippen LogP contribution in [-0.4, -0.2) is 49.5 Å². The van der Waals surface area contributed by atoms with Crippen molar-refractivity contribution in [3.8, 4) is 0 Å². The number of quaternary nitrogens is 1. The largest absolute Gasteiger partial charge is 0.744 e. The van der Waals surface area contributed by atoms with Crippen molar-refractivity contribution < 1.29 is 17.5 Å². The smallest absolute Gasteiger partial charge is 0.169 e. The van der Waals surface area contributed by atoms with Gasteiger partial charge in [0.05, 0.1) is 13.1 Å². The number of nitrogens with zero attached hydrogens (tertiary/aromatic N) is 1. The molecule has 1 saturated heterocycles. The highest BCUT2D eigenvalue weighted by atomic mass is 32.2. The number of likely N-dealkylation sites (tertiary alicyclic amines) is 1. The number of rotatable bonds is 6. The number of hydrogen-bond acceptors (Lipinski definition) is 4. The molecule has 0 radical (unpaired) electrons. The summed E-state index contributed by atoms with van der Waals surface area (Å²) in [5.74, 6) is 0.0925. The molecule has 0 aliphatic carbocycles. The van der Waals surface area contributed by atoms with E-state index in [0.717, 1.165) is 25.1 Å². The minimum atomic E-state index is -4.24. The average molecular weight is 312 g/mol. The molecular formula is C15H24N2O3S. The Morgan fingerprint density at radius 3 is 2.62 bits per heavy atom. The maximum Gasteiger partial charge on any atom is 0.169 e. The molecule has 0 saturated carbocycles. The summed E-state index contributed by atoms with van der Waals surface area (Å²) >= 11 is 0. The van der Waals surface area contributed by atoms with E-state index in [-0.39, 0.29) is 5.88 Å². The second kappa shape index (κ2) is 6.44. The second-order valence-corrected chi connectivity index (χ2v) is 7.58. The number of hydrogen-bond donors (Lipinski definition) is 1. The summed E-state index contributed by atoms with van der Waals surface area (Å²) in [6.45, 7) is 4.19. The Morgan fingerprint density at radius 2 is 2.05 bits per heavy atom. The van der Waals surface area contributed by atoms with Crippen molar-refractivity contribution in [1.82, 2.24) is 5.32 Å². The van der Waals surface area contributed by atoms with Crippen LogP contribution in [0.3, 0.4) is 0 Å². The molecule has 6 heteroatoms. The van der Waals surface area contributed by atoms with Crippen LogP contribution in [-0.2, 0) is 16.7 Å². The number of nitrogens with one attached hydrogen (secondary N) is 1. The van der Waals surface area contributed by atoms with Crippen molar-refractivity contribution in [3.63, 3.8) is 0 Å². The predicted octanol–water partition coefficient (Wildman–Crippen LogP) is 1.13. The third-order valence-corrected chi connectivity index (χ3v) is 5.42. The molecule has 118 valence electrons. The van der Waals surface area contributed by atoms with Crippen molar-refractivity contribution >= 4 is 10.1 Å². The highest BCUT2D eigenvalue weighted by molar-refractivity contribution is 7.85. The summed E-state index contributed by atoms with van der Waals surface area (Å²) in [5.41, 5.74) is 1.08. The van der Waals surface area contributed by atoms with Gasteiger partial charge in [-0.2, -0.15) is 0 Å². The Balaban J connectivity index is 2.20. The lowest BCUT2D eigenvalue weighted by molar-refractivity contribution is -0.920. The van der Waals surface area contributed by atoms with Crippen LogP contribution in [0.15, 0.2) is 30.3 Å². The zero-order chi connectivity index (χ0) is 15.5. The summed E-state index contributed by atoms with van der Waals surface area (Å²) in [5, 5.41) is 3.23. The topological polar surface area (TPSA) is 69.2 Å². The Kier molecular flexibility index (Phi) is 5.03. The van der Waals surface area contributed by atoms with Gasteiger partial charge in [0.2, 0.25) is 0 Å². The Hall–Kier alpha value is -0.950. The van der Waals surface area contributed by atoms with E-state index in [2.05, 4.69) is 12.2 Å². The third kappa shape index (κ3) is 4.51. The van der Waals surface area contributed by atoms with Gasteiger partial charge in [-0.05, 0) is 14.0 Å². The zero-order valence-electron chi connectivity index (χ0n) is 12.7. The van der Waals surface area contributed by atoms with Gasteiger partial charge < -0.3 is 14.4 Å². The Morgan fingerprint density at radius 1 is 1.38 bits per heavy atom. The molecule has 21 heavy (non-hydrogen) atoms. The highest BCUT2D eigenvalue weighted by Gasteiger charge is 2.41. The molecular weight excluding hydrogens is 288 g/mol. The van der Waals surface area contributed by atoms with Gasteiger partial charge in [0, 0.05) is 23.9 Å². The Labute approximate surface area is 127 Å². The van der Waals surface area contributed by atoms with E-state index < -0.39 is 10.1 Å². The van der Waals surface area contributed by atoms with Crippen LogP contribution in [0, 0.1) is 5.92 Å². The van der Waals surface area contributed by atoms with Crippen LogP contribution in [0.25, 0.3) is 0 Å². The van der Waals surface area contributed by atoms with Crippen molar-refractivity contribution in [2.24, 2.45) is 5.92 Å². The van der Waals surface area contributed by atoms with Gasteiger partial charge in [0.25, 0.3) is 0 Å². The molecule has 0 spiro atoms. The SMILES string of the molecule is CNC(C)C1CC[N+](Cc2ccccc2)(CS(=O)(=O)[O-])C1. The monoisotopic (exact) mass is 312 g/mol. The van der Waals surface area contributed by atoms with E-state index in [1.165, 1.54) is 0 Å². The maximum absolute atomic E-state index is 11.3. The molecule has 1 aromatic rings. The molecule has 1 aliphatic heterocycles. The number of benzene rings is 1. The summed E-state index contributed by atoms with van der Waals surface area (Å²) < 4.78 is 34.4. The summed E-state index contributed by atoms with van der Waals surface area (Å²) in [6, 6.07) is 10.1. The molecule has 5 nitrogen and oxygen atoms in total. The van der Waals surface area contributed by atoms with Crippen molar-refractivity contribution in [2.75, 3.05) is 26.0 Å². The van der Waals surface area contributed by atoms with Gasteiger partial charge >= 0.3 is 0 Å². The molecule has 1 fully saturated rings. The average Bonchev–Trinajstić information content (AvgIpc) is 2.80. The maximum atomic E-state index is 11.3. The third-order valence-electron chi connectivity index (χ3n) is 4.55. The normalized spacial score (nSPS) is 27.7. The fourth-order valence-corrected chi connectivity index (χ4v) is 4.37. The van der Waals surface area contributed by atoms with Gasteiger partial charge in [-0.15, -0.1) is 0 Å². The van der Waals surface area contributed by atoms with E-state index in [4.69, 9.17) is 0 Å². The van der Waals surface area contributed by atoms with Crippen LogP contribution in [0.5, 0.6) is 0 Å². The van der Waals surface area contributed by atoms with Crippen molar-refractivity contribution in [3.05, 3.63) is 35.9 Å². The summed E-state index contributed by atoms with van der Waals surface area (Å²) in [6.07, 6.45) is 0.949. The minimum absolute atomic E-state index is 0.311. The first-order valence-electron chi connectivity index (χ1n) is 7.33. The van der Waals surface area contributed by atoms with Crippen LogP contribution in [0.4, 0.5) is 0 Å². The Bertz CT molecular complexity index is 562. The van der Waals surface area contributed by atoms with Crippen LogP contribution in [0.1, 0.15) is 18.9 Å². The fourth-order valence-electron chi connectivity index (χ4n) is 3.38. The molecule has 2 rings (SSSR count). The molecule has 3 atom stereocenters. The van der Waals surface area contributed by atoms with Crippen LogP contribution >= 0.6 is 0 Å². The molecule has 3 unspecified atom stereocenters. The molecule has 1 heterocycles. The minimum Gasteiger partial charge on any atom is -0.744 e. The van der Waals surface area contributed by atoms with Crippen molar-refractivity contribution in [1.29, 1.82) is 0 Å². The van der Waals surface area contributed by atoms with Crippen molar-refractivity contribution in [2.45, 2.75) is 25.9 Å². The van der Waals surface area contributed by atoms with Crippen LogP contribution < -0.4 is 5.32 Å². The molecule has 0 bridgehead atoms. The first-order chi connectivity index (χ1) is 9.84. The first-order valence-corrected chi connectivity index (χ1v) is 8.91. The van der Waals surface area contributed by atoms with Gasteiger partial charge in [-0.25, -0.2) is 8.42 Å². The summed E-state index contributed by atoms with van der Waals surface area (Å²) in [7, 11) is -2.32. The molecule has 0 amide bonds. The van der Waals surface area contributed by atoms with Crippen LogP contribution in [0.2, 0.25) is 0 Å². The lowest BCUT2D eigenvalue weighted by Gasteiger charge is -2.36. The second-order valence-electron chi connectivity index (χ2n) is 6.20. The van der Waals surface area contributed by atoms with Gasteiger partial charge in [-0.1, -0.05) is 30.3 Å².